The normalized spacial score (nSPS) is 19.5. The quantitative estimate of drug-likeness (QED) is 0.595. The van der Waals surface area contributed by atoms with E-state index in [0.717, 1.165) is 12.1 Å². The van der Waals surface area contributed by atoms with Crippen LogP contribution >= 0.6 is 0 Å². The topological polar surface area (TPSA) is 65.5 Å². The maximum absolute atomic E-state index is 14.0. The van der Waals surface area contributed by atoms with E-state index in [4.69, 9.17) is 9.47 Å². The van der Waals surface area contributed by atoms with Crippen molar-refractivity contribution in [2.75, 3.05) is 19.0 Å². The lowest BCUT2D eigenvalue weighted by molar-refractivity contribution is -0.181. The molecule has 1 aliphatic heterocycles. The van der Waals surface area contributed by atoms with Gasteiger partial charge in [0, 0.05) is 24.5 Å². The Morgan fingerprint density at radius 1 is 1.06 bits per heavy atom. The van der Waals surface area contributed by atoms with Gasteiger partial charge in [-0.1, -0.05) is 6.07 Å². The molecule has 2 aromatic rings. The summed E-state index contributed by atoms with van der Waals surface area (Å²) in [6.07, 6.45) is -2.48. The average Bonchev–Trinajstić information content (AvgIpc) is 3.17. The van der Waals surface area contributed by atoms with Crippen molar-refractivity contribution in [3.05, 3.63) is 47.7 Å². The van der Waals surface area contributed by atoms with E-state index in [2.05, 4.69) is 4.98 Å². The summed E-state index contributed by atoms with van der Waals surface area (Å²) in [5.74, 6) is -3.62. The number of halogens is 5. The van der Waals surface area contributed by atoms with E-state index in [-0.39, 0.29) is 11.5 Å². The summed E-state index contributed by atoms with van der Waals surface area (Å²) in [7, 11) is -4.30. The van der Waals surface area contributed by atoms with Crippen molar-refractivity contribution < 1.29 is 39.8 Å². The minimum absolute atomic E-state index is 0.302. The lowest BCUT2D eigenvalue weighted by Gasteiger charge is -2.35. The standard InChI is InChI=1S/C21H20F5NO4S/c22-15-10-17(23)19(27-11-15)14-1-2-18(16(9-14)21(24,25)26)32(28,29)12-13-3-5-20(6-4-13)30-7-8-31-20/h1-2,9-11,13H,3-8,12H2. The van der Waals surface area contributed by atoms with Crippen molar-refractivity contribution in [1.82, 2.24) is 4.98 Å². The van der Waals surface area contributed by atoms with E-state index in [0.29, 0.717) is 57.2 Å². The molecule has 1 saturated heterocycles. The number of hydrogen-bond acceptors (Lipinski definition) is 5. The fourth-order valence-electron chi connectivity index (χ4n) is 4.27. The molecule has 4 rings (SSSR count). The monoisotopic (exact) mass is 477 g/mol. The predicted octanol–water partition coefficient (Wildman–Crippen LogP) is 4.75. The molecule has 174 valence electrons. The Bertz CT molecular complexity index is 1100. The van der Waals surface area contributed by atoms with Crippen LogP contribution in [0.5, 0.6) is 0 Å². The van der Waals surface area contributed by atoms with E-state index in [1.54, 1.807) is 0 Å². The van der Waals surface area contributed by atoms with E-state index >= 15 is 0 Å². The second-order valence-corrected chi connectivity index (χ2v) is 10.0. The van der Waals surface area contributed by atoms with Crippen LogP contribution in [0.25, 0.3) is 11.3 Å². The van der Waals surface area contributed by atoms with Gasteiger partial charge in [-0.2, -0.15) is 13.2 Å². The van der Waals surface area contributed by atoms with Crippen LogP contribution in [0.1, 0.15) is 31.2 Å². The van der Waals surface area contributed by atoms with Crippen LogP contribution in [0, 0.1) is 17.6 Å². The summed E-state index contributed by atoms with van der Waals surface area (Å²) < 4.78 is 105. The van der Waals surface area contributed by atoms with Crippen molar-refractivity contribution in [2.45, 2.75) is 42.5 Å². The summed E-state index contributed by atoms with van der Waals surface area (Å²) in [4.78, 5) is 2.63. The largest absolute Gasteiger partial charge is 0.417 e. The molecule has 1 aromatic heterocycles. The minimum Gasteiger partial charge on any atom is -0.348 e. The summed E-state index contributed by atoms with van der Waals surface area (Å²) in [6.45, 7) is 0.932. The van der Waals surface area contributed by atoms with Crippen molar-refractivity contribution in [3.8, 4) is 11.3 Å². The molecule has 1 aromatic carbocycles. The van der Waals surface area contributed by atoms with Gasteiger partial charge in [-0.3, -0.25) is 4.98 Å². The number of benzene rings is 1. The average molecular weight is 477 g/mol. The molecule has 32 heavy (non-hydrogen) atoms. The van der Waals surface area contributed by atoms with Gasteiger partial charge in [-0.05, 0) is 30.9 Å². The molecule has 2 heterocycles. The molecule has 0 N–H and O–H groups in total. The predicted molar refractivity (Wildman–Crippen MR) is 103 cm³/mol. The highest BCUT2D eigenvalue weighted by atomic mass is 32.2. The fourth-order valence-corrected chi connectivity index (χ4v) is 6.19. The molecule has 1 spiro atoms. The van der Waals surface area contributed by atoms with Gasteiger partial charge >= 0.3 is 6.18 Å². The van der Waals surface area contributed by atoms with E-state index in [9.17, 15) is 30.4 Å². The van der Waals surface area contributed by atoms with Crippen LogP contribution in [-0.2, 0) is 25.5 Å². The van der Waals surface area contributed by atoms with Gasteiger partial charge in [-0.25, -0.2) is 17.2 Å². The molecule has 1 saturated carbocycles. The first-order valence-corrected chi connectivity index (χ1v) is 11.7. The maximum Gasteiger partial charge on any atom is 0.417 e. The zero-order valence-electron chi connectivity index (χ0n) is 16.8. The zero-order valence-corrected chi connectivity index (χ0v) is 17.6. The van der Waals surface area contributed by atoms with Crippen LogP contribution in [0.2, 0.25) is 0 Å². The molecule has 0 bridgehead atoms. The number of hydrogen-bond donors (Lipinski definition) is 0. The Morgan fingerprint density at radius 2 is 1.72 bits per heavy atom. The second kappa shape index (κ2) is 8.35. The van der Waals surface area contributed by atoms with Crippen molar-refractivity contribution in [3.63, 3.8) is 0 Å². The van der Waals surface area contributed by atoms with Crippen molar-refractivity contribution in [1.29, 1.82) is 0 Å². The fraction of sp³-hybridized carbons (Fsp3) is 0.476. The molecule has 2 fully saturated rings. The lowest BCUT2D eigenvalue weighted by Crippen LogP contribution is -2.36. The lowest BCUT2D eigenvalue weighted by atomic mass is 9.86. The van der Waals surface area contributed by atoms with Gasteiger partial charge in [0.15, 0.2) is 21.4 Å². The van der Waals surface area contributed by atoms with Crippen LogP contribution in [0.15, 0.2) is 35.4 Å². The molecule has 5 nitrogen and oxygen atoms in total. The Morgan fingerprint density at radius 3 is 2.31 bits per heavy atom. The van der Waals surface area contributed by atoms with Crippen molar-refractivity contribution in [2.24, 2.45) is 5.92 Å². The van der Waals surface area contributed by atoms with Gasteiger partial charge in [0.05, 0.1) is 35.6 Å². The zero-order chi connectivity index (χ0) is 23.1. The van der Waals surface area contributed by atoms with Crippen molar-refractivity contribution >= 4 is 9.84 Å². The summed E-state index contributed by atoms with van der Waals surface area (Å²) in [6, 6.07) is 2.88. The number of aromatic nitrogens is 1. The smallest absolute Gasteiger partial charge is 0.348 e. The summed E-state index contributed by atoms with van der Waals surface area (Å²) >= 11 is 0. The molecule has 1 aliphatic carbocycles. The first-order chi connectivity index (χ1) is 15.0. The minimum atomic E-state index is -5.00. The Labute approximate surface area is 181 Å². The number of ether oxygens (including phenoxy) is 2. The molecule has 0 amide bonds. The van der Waals surface area contributed by atoms with Crippen LogP contribution < -0.4 is 0 Å². The molecule has 0 atom stereocenters. The maximum atomic E-state index is 14.0. The number of pyridine rings is 1. The van der Waals surface area contributed by atoms with Gasteiger partial charge in [0.25, 0.3) is 0 Å². The number of sulfone groups is 1. The highest BCUT2D eigenvalue weighted by Gasteiger charge is 2.43. The van der Waals surface area contributed by atoms with Gasteiger partial charge in [0.2, 0.25) is 0 Å². The third-order valence-electron chi connectivity index (χ3n) is 5.84. The molecular weight excluding hydrogens is 457 g/mol. The molecular formula is C21H20F5NO4S. The number of rotatable bonds is 4. The van der Waals surface area contributed by atoms with Crippen LogP contribution in [-0.4, -0.2) is 38.2 Å². The Hall–Kier alpha value is -2.11. The molecule has 0 radical (unpaired) electrons. The Kier molecular flexibility index (Phi) is 6.01. The SMILES string of the molecule is O=S(=O)(CC1CCC2(CC1)OCCO2)c1ccc(-c2ncc(F)cc2F)cc1C(F)(F)F. The first kappa shape index (κ1) is 23.1. The molecule has 11 heteroatoms. The van der Waals surface area contributed by atoms with E-state index < -0.39 is 55.3 Å². The number of alkyl halides is 3. The van der Waals surface area contributed by atoms with Gasteiger partial charge in [-0.15, -0.1) is 0 Å². The van der Waals surface area contributed by atoms with Gasteiger partial charge < -0.3 is 9.47 Å². The summed E-state index contributed by atoms with van der Waals surface area (Å²) in [5, 5.41) is 0. The Balaban J connectivity index is 1.61. The molecule has 0 unspecified atom stereocenters. The third kappa shape index (κ3) is 4.65. The van der Waals surface area contributed by atoms with Gasteiger partial charge in [0.1, 0.15) is 11.5 Å². The summed E-state index contributed by atoms with van der Waals surface area (Å²) in [5.41, 5.74) is -2.21. The van der Waals surface area contributed by atoms with E-state index in [1.807, 2.05) is 0 Å². The first-order valence-electron chi connectivity index (χ1n) is 10.0. The van der Waals surface area contributed by atoms with Crippen LogP contribution in [0.3, 0.4) is 0 Å². The second-order valence-electron chi connectivity index (χ2n) is 8.03. The van der Waals surface area contributed by atoms with Crippen LogP contribution in [0.4, 0.5) is 22.0 Å². The highest BCUT2D eigenvalue weighted by molar-refractivity contribution is 7.91. The highest BCUT2D eigenvalue weighted by Crippen LogP contribution is 2.41. The third-order valence-corrected chi connectivity index (χ3v) is 7.77. The molecule has 2 aliphatic rings. The van der Waals surface area contributed by atoms with E-state index in [1.165, 1.54) is 0 Å². The number of nitrogens with zero attached hydrogens (tertiary/aromatic N) is 1.